The fourth-order valence-electron chi connectivity index (χ4n) is 0.801. The number of ether oxygens (including phenoxy) is 1. The summed E-state index contributed by atoms with van der Waals surface area (Å²) in [4.78, 5) is 11.2. The predicted molar refractivity (Wildman–Crippen MR) is 46.4 cm³/mol. The molecule has 0 bridgehead atoms. The van der Waals surface area contributed by atoms with Crippen LogP contribution in [0.15, 0.2) is 30.3 Å². The highest BCUT2D eigenvalue weighted by Gasteiger charge is 2.03. The Morgan fingerprint density at radius 3 is 2.67 bits per heavy atom. The van der Waals surface area contributed by atoms with Crippen LogP contribution in [-0.2, 0) is 4.74 Å². The van der Waals surface area contributed by atoms with Crippen LogP contribution in [0.25, 0.3) is 0 Å². The van der Waals surface area contributed by atoms with Gasteiger partial charge in [-0.15, -0.1) is 0 Å². The van der Waals surface area contributed by atoms with Crippen molar-refractivity contribution >= 4 is 5.97 Å². The van der Waals surface area contributed by atoms with E-state index in [0.717, 1.165) is 6.42 Å². The molecule has 0 aromatic heterocycles. The molecular weight excluding hydrogens is 152 g/mol. The van der Waals surface area contributed by atoms with Gasteiger partial charge in [-0.25, -0.2) is 4.79 Å². The van der Waals surface area contributed by atoms with Gasteiger partial charge in [0.1, 0.15) is 6.61 Å². The summed E-state index contributed by atoms with van der Waals surface area (Å²) in [7, 11) is 0. The number of carbonyl (C=O) groups is 1. The van der Waals surface area contributed by atoms with Crippen LogP contribution < -0.4 is 0 Å². The van der Waals surface area contributed by atoms with Gasteiger partial charge in [0.05, 0.1) is 5.56 Å². The zero-order valence-electron chi connectivity index (χ0n) is 6.99. The third kappa shape index (κ3) is 2.38. The maximum atomic E-state index is 11.2. The molecule has 0 aliphatic carbocycles. The van der Waals surface area contributed by atoms with E-state index in [2.05, 4.69) is 0 Å². The fraction of sp³-hybridized carbons (Fsp3) is 0.200. The van der Waals surface area contributed by atoms with E-state index in [1.807, 2.05) is 25.1 Å². The maximum absolute atomic E-state index is 11.2. The lowest BCUT2D eigenvalue weighted by Gasteiger charge is -2.00. The molecule has 0 spiro atoms. The maximum Gasteiger partial charge on any atom is 0.338 e. The molecule has 0 atom stereocenters. The molecule has 0 saturated carbocycles. The number of benzene rings is 1. The van der Waals surface area contributed by atoms with Crippen molar-refractivity contribution in [3.63, 3.8) is 0 Å². The van der Waals surface area contributed by atoms with E-state index < -0.39 is 0 Å². The lowest BCUT2D eigenvalue weighted by molar-refractivity contribution is 0.0601. The molecule has 0 fully saturated rings. The highest BCUT2D eigenvalue weighted by molar-refractivity contribution is 5.89. The van der Waals surface area contributed by atoms with Crippen molar-refractivity contribution in [3.8, 4) is 0 Å². The molecule has 63 valence electrons. The van der Waals surface area contributed by atoms with Crippen molar-refractivity contribution in [2.75, 3.05) is 0 Å². The van der Waals surface area contributed by atoms with Gasteiger partial charge in [-0.05, 0) is 18.6 Å². The van der Waals surface area contributed by atoms with E-state index >= 15 is 0 Å². The third-order valence-electron chi connectivity index (χ3n) is 1.37. The minimum atomic E-state index is -0.294. The van der Waals surface area contributed by atoms with Crippen molar-refractivity contribution in [1.29, 1.82) is 0 Å². The van der Waals surface area contributed by atoms with Gasteiger partial charge in [-0.1, -0.05) is 25.1 Å². The number of esters is 1. The van der Waals surface area contributed by atoms with Gasteiger partial charge < -0.3 is 4.74 Å². The van der Waals surface area contributed by atoms with Crippen molar-refractivity contribution in [3.05, 3.63) is 42.5 Å². The monoisotopic (exact) mass is 163 g/mol. The van der Waals surface area contributed by atoms with E-state index in [-0.39, 0.29) is 5.97 Å². The van der Waals surface area contributed by atoms with Gasteiger partial charge >= 0.3 is 5.97 Å². The molecule has 0 N–H and O–H groups in total. The van der Waals surface area contributed by atoms with Gasteiger partial charge in [0.25, 0.3) is 0 Å². The van der Waals surface area contributed by atoms with Crippen LogP contribution in [0.5, 0.6) is 0 Å². The van der Waals surface area contributed by atoms with E-state index in [1.165, 1.54) is 6.61 Å². The minimum absolute atomic E-state index is 0.294. The quantitative estimate of drug-likeness (QED) is 0.639. The van der Waals surface area contributed by atoms with Gasteiger partial charge in [-0.2, -0.15) is 0 Å². The van der Waals surface area contributed by atoms with Gasteiger partial charge in [0.2, 0.25) is 0 Å². The molecule has 1 rings (SSSR count). The first-order valence-corrected chi connectivity index (χ1v) is 3.92. The number of carbonyl (C=O) groups excluding carboxylic acids is 1. The highest BCUT2D eigenvalue weighted by atomic mass is 16.5. The molecule has 0 unspecified atom stereocenters. The predicted octanol–water partition coefficient (Wildman–Crippen LogP) is 2.42. The Bertz CT molecular complexity index is 241. The Morgan fingerprint density at radius 1 is 1.42 bits per heavy atom. The highest BCUT2D eigenvalue weighted by Crippen LogP contribution is 2.02. The van der Waals surface area contributed by atoms with Crippen LogP contribution in [-0.4, -0.2) is 5.97 Å². The first-order valence-electron chi connectivity index (χ1n) is 3.92. The first-order chi connectivity index (χ1) is 5.84. The Morgan fingerprint density at radius 2 is 2.08 bits per heavy atom. The largest absolute Gasteiger partial charge is 0.455 e. The standard InChI is InChI=1S/C10H11O2/c1-2-8-12-10(11)9-6-4-3-5-7-9/h3-8H,2H2,1H3. The van der Waals surface area contributed by atoms with Crippen LogP contribution in [0.2, 0.25) is 0 Å². The van der Waals surface area contributed by atoms with Crippen LogP contribution in [0.3, 0.4) is 0 Å². The zero-order valence-corrected chi connectivity index (χ0v) is 6.99. The van der Waals surface area contributed by atoms with Gasteiger partial charge in [0, 0.05) is 0 Å². The summed E-state index contributed by atoms with van der Waals surface area (Å²) < 4.78 is 4.81. The first kappa shape index (κ1) is 8.78. The number of rotatable bonds is 3. The summed E-state index contributed by atoms with van der Waals surface area (Å²) in [6, 6.07) is 8.93. The molecule has 2 heteroatoms. The van der Waals surface area contributed by atoms with Crippen molar-refractivity contribution in [1.82, 2.24) is 0 Å². The summed E-state index contributed by atoms with van der Waals surface area (Å²) >= 11 is 0. The van der Waals surface area contributed by atoms with Crippen molar-refractivity contribution in [2.24, 2.45) is 0 Å². The van der Waals surface area contributed by atoms with E-state index in [9.17, 15) is 4.79 Å². The third-order valence-corrected chi connectivity index (χ3v) is 1.37. The normalized spacial score (nSPS) is 9.42. The summed E-state index contributed by atoms with van der Waals surface area (Å²) in [5, 5.41) is 0. The second-order valence-electron chi connectivity index (χ2n) is 2.35. The average Bonchev–Trinajstić information content (AvgIpc) is 2.15. The van der Waals surface area contributed by atoms with Crippen LogP contribution in [0.4, 0.5) is 0 Å². The number of hydrogen-bond donors (Lipinski definition) is 0. The molecule has 0 aliphatic rings. The Kier molecular flexibility index (Phi) is 3.33. The van der Waals surface area contributed by atoms with Gasteiger partial charge in [-0.3, -0.25) is 0 Å². The lowest BCUT2D eigenvalue weighted by Crippen LogP contribution is -2.01. The second kappa shape index (κ2) is 4.54. The molecule has 1 aromatic carbocycles. The summed E-state index contributed by atoms with van der Waals surface area (Å²) in [6.07, 6.45) is 0.735. The molecule has 0 amide bonds. The summed E-state index contributed by atoms with van der Waals surface area (Å²) in [5.74, 6) is -0.294. The smallest absolute Gasteiger partial charge is 0.338 e. The second-order valence-corrected chi connectivity index (χ2v) is 2.35. The van der Waals surface area contributed by atoms with E-state index in [1.54, 1.807) is 12.1 Å². The SMILES string of the molecule is CC[CH]OC(=O)c1ccccc1. The molecule has 0 heterocycles. The van der Waals surface area contributed by atoms with Crippen LogP contribution >= 0.6 is 0 Å². The van der Waals surface area contributed by atoms with Crippen molar-refractivity contribution in [2.45, 2.75) is 13.3 Å². The van der Waals surface area contributed by atoms with Gasteiger partial charge in [0.15, 0.2) is 0 Å². The number of hydrogen-bond acceptors (Lipinski definition) is 2. The van der Waals surface area contributed by atoms with Crippen LogP contribution in [0.1, 0.15) is 23.7 Å². The Hall–Kier alpha value is -1.31. The summed E-state index contributed by atoms with van der Waals surface area (Å²) in [5.41, 5.74) is 0.585. The molecule has 12 heavy (non-hydrogen) atoms. The Balaban J connectivity index is 2.54. The van der Waals surface area contributed by atoms with Crippen molar-refractivity contribution < 1.29 is 9.53 Å². The molecular formula is C10H11O2. The minimum Gasteiger partial charge on any atom is -0.455 e. The molecule has 0 aliphatic heterocycles. The molecule has 0 saturated heterocycles. The average molecular weight is 163 g/mol. The molecule has 1 aromatic rings. The molecule has 2 nitrogen and oxygen atoms in total. The fourth-order valence-corrected chi connectivity index (χ4v) is 0.801. The lowest BCUT2D eigenvalue weighted by atomic mass is 10.2. The van der Waals surface area contributed by atoms with Crippen LogP contribution in [0, 0.1) is 6.61 Å². The molecule has 1 radical (unpaired) electrons. The summed E-state index contributed by atoms with van der Waals surface area (Å²) in [6.45, 7) is 3.41. The van der Waals surface area contributed by atoms with E-state index in [0.29, 0.717) is 5.56 Å². The Labute approximate surface area is 72.2 Å². The zero-order chi connectivity index (χ0) is 8.81. The van der Waals surface area contributed by atoms with E-state index in [4.69, 9.17) is 4.74 Å². The topological polar surface area (TPSA) is 26.3 Å².